The Bertz CT molecular complexity index is 617. The molecule has 0 saturated heterocycles. The van der Waals surface area contributed by atoms with E-state index in [9.17, 15) is 4.79 Å². The first kappa shape index (κ1) is 17.0. The molecule has 1 heterocycles. The zero-order valence-electron chi connectivity index (χ0n) is 13.2. The maximum absolute atomic E-state index is 12.6. The molecule has 0 bridgehead atoms. The molecule has 5 nitrogen and oxygen atoms in total. The highest BCUT2D eigenvalue weighted by Gasteiger charge is 2.18. The van der Waals surface area contributed by atoms with Gasteiger partial charge in [0.1, 0.15) is 5.56 Å². The molecule has 0 saturated carbocycles. The summed E-state index contributed by atoms with van der Waals surface area (Å²) in [5.74, 6) is 0.106. The van der Waals surface area contributed by atoms with Gasteiger partial charge in [0, 0.05) is 12.8 Å². The average Bonchev–Trinajstić information content (AvgIpc) is 2.60. The number of benzene rings is 1. The van der Waals surface area contributed by atoms with E-state index in [0.29, 0.717) is 30.9 Å². The largest absolute Gasteiger partial charge is 0.477 e. The predicted molar refractivity (Wildman–Crippen MR) is 88.4 cm³/mol. The average molecular weight is 314 g/mol. The Kier molecular flexibility index (Phi) is 6.56. The molecular weight excluding hydrogens is 292 g/mol. The summed E-state index contributed by atoms with van der Waals surface area (Å²) in [6.45, 7) is 2.39. The van der Waals surface area contributed by atoms with Crippen LogP contribution in [-0.2, 0) is 0 Å². The van der Waals surface area contributed by atoms with Gasteiger partial charge in [0.05, 0.1) is 12.6 Å². The van der Waals surface area contributed by atoms with Crippen molar-refractivity contribution in [3.63, 3.8) is 0 Å². The van der Waals surface area contributed by atoms with Crippen LogP contribution in [0.2, 0.25) is 0 Å². The lowest BCUT2D eigenvalue weighted by atomic mass is 10.0. The molecule has 122 valence electrons. The van der Waals surface area contributed by atoms with Crippen molar-refractivity contribution in [1.82, 2.24) is 10.3 Å². The van der Waals surface area contributed by atoms with Gasteiger partial charge in [-0.3, -0.25) is 4.79 Å². The number of aliphatic hydroxyl groups excluding tert-OH is 1. The van der Waals surface area contributed by atoms with Crippen molar-refractivity contribution < 1.29 is 14.6 Å². The number of amides is 1. The van der Waals surface area contributed by atoms with Gasteiger partial charge < -0.3 is 15.2 Å². The maximum atomic E-state index is 12.6. The second kappa shape index (κ2) is 8.90. The summed E-state index contributed by atoms with van der Waals surface area (Å²) in [4.78, 5) is 16.7. The van der Waals surface area contributed by atoms with Crippen LogP contribution in [0.3, 0.4) is 0 Å². The molecule has 2 rings (SSSR count). The van der Waals surface area contributed by atoms with Gasteiger partial charge in [-0.15, -0.1) is 0 Å². The second-order valence-electron chi connectivity index (χ2n) is 5.09. The second-order valence-corrected chi connectivity index (χ2v) is 5.09. The minimum Gasteiger partial charge on any atom is -0.477 e. The number of aliphatic hydroxyl groups is 1. The molecule has 1 amide bonds. The molecule has 2 N–H and O–H groups in total. The van der Waals surface area contributed by atoms with Crippen molar-refractivity contribution in [3.05, 3.63) is 59.8 Å². The Morgan fingerprint density at radius 3 is 2.74 bits per heavy atom. The maximum Gasteiger partial charge on any atom is 0.257 e. The van der Waals surface area contributed by atoms with E-state index in [-0.39, 0.29) is 18.6 Å². The zero-order chi connectivity index (χ0) is 16.5. The summed E-state index contributed by atoms with van der Waals surface area (Å²) in [6, 6.07) is 13.0. The van der Waals surface area contributed by atoms with E-state index in [1.54, 1.807) is 18.3 Å². The number of hydrogen-bond donors (Lipinski definition) is 2. The zero-order valence-corrected chi connectivity index (χ0v) is 13.2. The van der Waals surface area contributed by atoms with Gasteiger partial charge in [-0.25, -0.2) is 4.98 Å². The number of ether oxygens (including phenoxy) is 1. The number of rotatable bonds is 8. The van der Waals surface area contributed by atoms with Gasteiger partial charge in [0.25, 0.3) is 5.91 Å². The molecular formula is C18H22N2O3. The summed E-state index contributed by atoms with van der Waals surface area (Å²) in [5, 5.41) is 12.1. The van der Waals surface area contributed by atoms with Crippen LogP contribution in [0.5, 0.6) is 5.88 Å². The standard InChI is InChI=1S/C18H22N2O3/c1-2-23-18-15(10-6-12-19-18)17(22)20-16(11-7-13-21)14-8-4-3-5-9-14/h3-6,8-10,12,16,21H,2,7,11,13H2,1H3,(H,20,22). The molecule has 0 spiro atoms. The lowest BCUT2D eigenvalue weighted by Gasteiger charge is -2.19. The van der Waals surface area contributed by atoms with Crippen LogP contribution in [0.25, 0.3) is 0 Å². The molecule has 0 aliphatic carbocycles. The van der Waals surface area contributed by atoms with Gasteiger partial charge in [0.15, 0.2) is 0 Å². The van der Waals surface area contributed by atoms with Crippen LogP contribution >= 0.6 is 0 Å². The first-order chi connectivity index (χ1) is 11.3. The number of aromatic nitrogens is 1. The lowest BCUT2D eigenvalue weighted by molar-refractivity contribution is 0.0927. The van der Waals surface area contributed by atoms with Crippen molar-refractivity contribution in [2.24, 2.45) is 0 Å². The SMILES string of the molecule is CCOc1ncccc1C(=O)NC(CCCO)c1ccccc1. The number of nitrogens with zero attached hydrogens (tertiary/aromatic N) is 1. The summed E-state index contributed by atoms with van der Waals surface area (Å²) < 4.78 is 5.41. The minimum atomic E-state index is -0.228. The number of pyridine rings is 1. The van der Waals surface area contributed by atoms with E-state index in [1.807, 2.05) is 37.3 Å². The molecule has 23 heavy (non-hydrogen) atoms. The van der Waals surface area contributed by atoms with Crippen molar-refractivity contribution >= 4 is 5.91 Å². The third kappa shape index (κ3) is 4.79. The molecule has 1 atom stereocenters. The summed E-state index contributed by atoms with van der Waals surface area (Å²) in [7, 11) is 0. The third-order valence-corrected chi connectivity index (χ3v) is 3.46. The predicted octanol–water partition coefficient (Wildman–Crippen LogP) is 2.72. The van der Waals surface area contributed by atoms with E-state index in [2.05, 4.69) is 10.3 Å². The number of hydrogen-bond acceptors (Lipinski definition) is 4. The van der Waals surface area contributed by atoms with Gasteiger partial charge in [-0.05, 0) is 37.5 Å². The highest BCUT2D eigenvalue weighted by atomic mass is 16.5. The smallest absolute Gasteiger partial charge is 0.257 e. The van der Waals surface area contributed by atoms with Gasteiger partial charge >= 0.3 is 0 Å². The van der Waals surface area contributed by atoms with E-state index in [0.717, 1.165) is 5.56 Å². The Labute approximate surface area is 136 Å². The van der Waals surface area contributed by atoms with Gasteiger partial charge in [0.2, 0.25) is 5.88 Å². The minimum absolute atomic E-state index is 0.0935. The molecule has 0 fully saturated rings. The quantitative estimate of drug-likeness (QED) is 0.786. The summed E-state index contributed by atoms with van der Waals surface area (Å²) >= 11 is 0. The first-order valence-electron chi connectivity index (χ1n) is 7.80. The van der Waals surface area contributed by atoms with Crippen LogP contribution in [0.4, 0.5) is 0 Å². The third-order valence-electron chi connectivity index (χ3n) is 3.46. The molecule has 1 aromatic carbocycles. The molecule has 0 aliphatic rings. The first-order valence-corrected chi connectivity index (χ1v) is 7.80. The number of carbonyl (C=O) groups is 1. The lowest BCUT2D eigenvalue weighted by Crippen LogP contribution is -2.29. The van der Waals surface area contributed by atoms with Crippen molar-refractivity contribution in [1.29, 1.82) is 0 Å². The summed E-state index contributed by atoms with van der Waals surface area (Å²) in [5.41, 5.74) is 1.43. The van der Waals surface area contributed by atoms with Crippen LogP contribution in [0.1, 0.15) is 41.7 Å². The fraction of sp³-hybridized carbons (Fsp3) is 0.333. The number of carbonyl (C=O) groups excluding carboxylic acids is 1. The van der Waals surface area contributed by atoms with Crippen molar-refractivity contribution in [2.45, 2.75) is 25.8 Å². The van der Waals surface area contributed by atoms with E-state index < -0.39 is 0 Å². The van der Waals surface area contributed by atoms with Gasteiger partial charge in [-0.2, -0.15) is 0 Å². The fourth-order valence-electron chi connectivity index (χ4n) is 2.35. The van der Waals surface area contributed by atoms with Crippen LogP contribution < -0.4 is 10.1 Å². The van der Waals surface area contributed by atoms with Crippen LogP contribution in [-0.4, -0.2) is 29.2 Å². The van der Waals surface area contributed by atoms with Crippen LogP contribution in [0.15, 0.2) is 48.7 Å². The Hall–Kier alpha value is -2.40. The van der Waals surface area contributed by atoms with E-state index in [1.165, 1.54) is 0 Å². The Balaban J connectivity index is 2.17. The molecule has 0 radical (unpaired) electrons. The Morgan fingerprint density at radius 1 is 1.26 bits per heavy atom. The molecule has 5 heteroatoms. The Morgan fingerprint density at radius 2 is 2.04 bits per heavy atom. The van der Waals surface area contributed by atoms with Crippen molar-refractivity contribution in [2.75, 3.05) is 13.2 Å². The number of nitrogens with one attached hydrogen (secondary N) is 1. The molecule has 0 aliphatic heterocycles. The molecule has 2 aromatic rings. The van der Waals surface area contributed by atoms with E-state index >= 15 is 0 Å². The summed E-state index contributed by atoms with van der Waals surface area (Å²) in [6.07, 6.45) is 2.88. The molecule has 1 aromatic heterocycles. The normalized spacial score (nSPS) is 11.7. The van der Waals surface area contributed by atoms with E-state index in [4.69, 9.17) is 9.84 Å². The highest BCUT2D eigenvalue weighted by Crippen LogP contribution is 2.21. The monoisotopic (exact) mass is 314 g/mol. The fourth-order valence-corrected chi connectivity index (χ4v) is 2.35. The van der Waals surface area contributed by atoms with Crippen LogP contribution in [0, 0.1) is 0 Å². The van der Waals surface area contributed by atoms with Gasteiger partial charge in [-0.1, -0.05) is 30.3 Å². The topological polar surface area (TPSA) is 71.5 Å². The highest BCUT2D eigenvalue weighted by molar-refractivity contribution is 5.96. The molecule has 1 unspecified atom stereocenters. The van der Waals surface area contributed by atoms with Crippen molar-refractivity contribution in [3.8, 4) is 5.88 Å².